The van der Waals surface area contributed by atoms with Crippen molar-refractivity contribution in [3.63, 3.8) is 0 Å². The number of anilines is 2. The topological polar surface area (TPSA) is 292 Å². The Morgan fingerprint density at radius 1 is 0.933 bits per heavy atom. The number of thiol groups is 1. The summed E-state index contributed by atoms with van der Waals surface area (Å²) >= 11 is 9.31. The van der Waals surface area contributed by atoms with Crippen molar-refractivity contribution in [2.24, 2.45) is 0 Å². The molecule has 7 rings (SSSR count). The van der Waals surface area contributed by atoms with Gasteiger partial charge >= 0.3 is 13.5 Å². The van der Waals surface area contributed by atoms with Crippen LogP contribution in [0.3, 0.4) is 0 Å². The number of ether oxygens (including phenoxy) is 2. The summed E-state index contributed by atoms with van der Waals surface area (Å²) in [6, 6.07) is 0. The molecular formula is C20H24N10O11P2S2. The Balaban J connectivity index is 1.23. The average molecular weight is 707 g/mol. The monoisotopic (exact) mass is 706 g/mol. The molecule has 3 aliphatic rings. The third-order valence-electron chi connectivity index (χ3n) is 7.33. The van der Waals surface area contributed by atoms with Crippen LogP contribution in [-0.2, 0) is 43.9 Å². The maximum absolute atomic E-state index is 13.5. The zero-order chi connectivity index (χ0) is 31.8. The standard InChI is InChI=1S/C20H24N10O11P2S2/c21-14-8-15(24-3-23-14)29(4-25-8)18-12-10(31)6(38-18)1-36-43(35,45)41-13-11(32)7(2-37-42(34,44)40-12)39-19(13)30-5-26-9-16(30)27-20(22)28-17(9)33/h3-7,10-13,18-19,31-32H,1-2H2,(H,34,44)(H,35,45)(H2,21,23,24)(H3,22,27,28,33)/t6-,7-,10?,11-,12+,13?,18-,19-,42?,43?/m1/s1. The van der Waals surface area contributed by atoms with Gasteiger partial charge in [-0.3, -0.25) is 32.5 Å². The van der Waals surface area contributed by atoms with Gasteiger partial charge in [0.1, 0.15) is 48.5 Å². The lowest BCUT2D eigenvalue weighted by atomic mass is 10.1. The second-order valence-electron chi connectivity index (χ2n) is 10.1. The van der Waals surface area contributed by atoms with E-state index in [9.17, 15) is 24.5 Å². The molecule has 3 aliphatic heterocycles. The summed E-state index contributed by atoms with van der Waals surface area (Å²) in [4.78, 5) is 46.1. The van der Waals surface area contributed by atoms with Crippen molar-refractivity contribution >= 4 is 71.7 Å². The van der Waals surface area contributed by atoms with Gasteiger partial charge in [0.25, 0.3) is 5.56 Å². The van der Waals surface area contributed by atoms with E-state index in [0.29, 0.717) is 0 Å². The van der Waals surface area contributed by atoms with Crippen LogP contribution in [-0.4, -0.2) is 104 Å². The number of hydrogen-bond donors (Lipinski definition) is 7. The van der Waals surface area contributed by atoms with Crippen LogP contribution >= 0.6 is 25.8 Å². The summed E-state index contributed by atoms with van der Waals surface area (Å²) in [5, 5.41) is 22.4. The molecule has 21 nitrogen and oxygen atoms in total. The Labute approximate surface area is 260 Å². The van der Waals surface area contributed by atoms with Gasteiger partial charge in [-0.1, -0.05) is 12.2 Å². The van der Waals surface area contributed by atoms with Gasteiger partial charge in [0.15, 0.2) is 35.1 Å². The molecule has 4 unspecified atom stereocenters. The molecule has 8 N–H and O–H groups in total. The number of aromatic nitrogens is 8. The molecule has 3 fully saturated rings. The normalized spacial score (nSPS) is 37.7. The number of fused-ring (bicyclic) bond motifs is 6. The molecule has 4 aromatic heterocycles. The molecular weight excluding hydrogens is 682 g/mol. The number of imidazole rings is 2. The number of aromatic amines is 1. The molecule has 0 radical (unpaired) electrons. The van der Waals surface area contributed by atoms with E-state index in [-0.39, 0.29) is 34.1 Å². The summed E-state index contributed by atoms with van der Waals surface area (Å²) in [6.07, 6.45) is -7.36. The molecule has 0 amide bonds. The van der Waals surface area contributed by atoms with Crippen molar-refractivity contribution in [1.29, 1.82) is 0 Å². The summed E-state index contributed by atoms with van der Waals surface area (Å²) in [5.41, 5.74) is 11.3. The molecule has 7 heterocycles. The highest BCUT2D eigenvalue weighted by molar-refractivity contribution is 8.44. The first kappa shape index (κ1) is 31.0. The molecule has 0 aromatic carbocycles. The Kier molecular flexibility index (Phi) is 7.76. The van der Waals surface area contributed by atoms with Gasteiger partial charge < -0.3 is 40.6 Å². The number of aliphatic hydroxyl groups is 2. The number of nitrogen functional groups attached to an aromatic ring is 2. The molecule has 4 aromatic rings. The second-order valence-corrected chi connectivity index (χ2v) is 15.8. The molecule has 0 spiro atoms. The number of hydrogen-bond acceptors (Lipinski definition) is 18. The molecule has 25 heteroatoms. The van der Waals surface area contributed by atoms with Crippen molar-refractivity contribution < 1.29 is 47.2 Å². The van der Waals surface area contributed by atoms with E-state index in [4.69, 9.17) is 50.8 Å². The smallest absolute Gasteiger partial charge is 0.386 e. The van der Waals surface area contributed by atoms with Crippen LogP contribution in [0, 0.1) is 0 Å². The third-order valence-corrected chi connectivity index (χ3v) is 10.5. The van der Waals surface area contributed by atoms with E-state index in [2.05, 4.69) is 42.2 Å². The summed E-state index contributed by atoms with van der Waals surface area (Å²) in [6.45, 7) is -9.71. The Bertz CT molecular complexity index is 1940. The molecule has 45 heavy (non-hydrogen) atoms. The maximum Gasteiger partial charge on any atom is 0.386 e. The lowest BCUT2D eigenvalue weighted by molar-refractivity contribution is -0.0600. The maximum atomic E-state index is 13.5. The predicted molar refractivity (Wildman–Crippen MR) is 157 cm³/mol. The molecule has 10 atom stereocenters. The molecule has 242 valence electrons. The average Bonchev–Trinajstić information content (AvgIpc) is 3.72. The number of nitrogens with zero attached hydrogens (tertiary/aromatic N) is 7. The van der Waals surface area contributed by atoms with Gasteiger partial charge in [-0.05, 0) is 11.8 Å². The van der Waals surface area contributed by atoms with Crippen LogP contribution in [0.2, 0.25) is 0 Å². The minimum atomic E-state index is -4.34. The predicted octanol–water partition coefficient (Wildman–Crippen LogP) is -1.29. The van der Waals surface area contributed by atoms with Gasteiger partial charge in [-0.2, -0.15) is 4.98 Å². The van der Waals surface area contributed by atoms with Crippen LogP contribution in [0.4, 0.5) is 11.8 Å². The van der Waals surface area contributed by atoms with Crippen LogP contribution < -0.4 is 17.0 Å². The number of H-pyrrole nitrogens is 1. The van der Waals surface area contributed by atoms with Gasteiger partial charge in [0.2, 0.25) is 5.95 Å². The van der Waals surface area contributed by atoms with E-state index >= 15 is 0 Å². The highest BCUT2D eigenvalue weighted by Crippen LogP contribution is 2.58. The second kappa shape index (κ2) is 11.3. The first-order valence-electron chi connectivity index (χ1n) is 13.0. The SMILES string of the molecule is Nc1nc2c(ncn2[C@@H]2O[C@@H]3COP(=O)(S)O[C@H]4C(O)[C@@H](COP(O)(=S)OC2[C@@H]3O)O[C@H]4n2cnc3c(N)ncnc32)c(=O)[nH]1. The number of rotatable bonds is 2. The van der Waals surface area contributed by atoms with Crippen molar-refractivity contribution in [2.75, 3.05) is 24.7 Å². The highest BCUT2D eigenvalue weighted by atomic mass is 32.7. The van der Waals surface area contributed by atoms with Crippen LogP contribution in [0.1, 0.15) is 12.5 Å². The van der Waals surface area contributed by atoms with Gasteiger partial charge in [-0.15, -0.1) is 0 Å². The lowest BCUT2D eigenvalue weighted by Gasteiger charge is -2.27. The van der Waals surface area contributed by atoms with Crippen LogP contribution in [0.15, 0.2) is 23.8 Å². The van der Waals surface area contributed by atoms with Crippen molar-refractivity contribution in [3.05, 3.63) is 29.3 Å². The molecule has 0 saturated carbocycles. The van der Waals surface area contributed by atoms with E-state index in [1.54, 1.807) is 0 Å². The van der Waals surface area contributed by atoms with Crippen molar-refractivity contribution in [2.45, 2.75) is 49.1 Å². The fourth-order valence-corrected chi connectivity index (χ4v) is 8.15. The largest absolute Gasteiger partial charge is 0.387 e. The first-order valence-corrected chi connectivity index (χ1v) is 18.2. The zero-order valence-corrected chi connectivity index (χ0v) is 25.9. The molecule has 0 aliphatic carbocycles. The Hall–Kier alpha value is -2.63. The van der Waals surface area contributed by atoms with E-state index < -0.39 is 81.4 Å². The van der Waals surface area contributed by atoms with Gasteiger partial charge in [0.05, 0.1) is 25.9 Å². The fraction of sp³-hybridized carbons (Fsp3) is 0.500. The van der Waals surface area contributed by atoms with Crippen LogP contribution in [0.5, 0.6) is 0 Å². The van der Waals surface area contributed by atoms with Gasteiger partial charge in [-0.25, -0.2) is 24.5 Å². The summed E-state index contributed by atoms with van der Waals surface area (Å²) in [7, 11) is 0. The van der Waals surface area contributed by atoms with E-state index in [1.807, 2.05) is 0 Å². The van der Waals surface area contributed by atoms with Crippen LogP contribution in [0.25, 0.3) is 22.3 Å². The first-order chi connectivity index (χ1) is 21.3. The molecule has 3 saturated heterocycles. The Morgan fingerprint density at radius 3 is 2.22 bits per heavy atom. The minimum absolute atomic E-state index is 0.0316. The van der Waals surface area contributed by atoms with Crippen molar-refractivity contribution in [3.8, 4) is 0 Å². The lowest BCUT2D eigenvalue weighted by Crippen LogP contribution is -2.37. The molecule has 4 bridgehead atoms. The van der Waals surface area contributed by atoms with Gasteiger partial charge in [0, 0.05) is 0 Å². The number of aliphatic hydroxyl groups excluding tert-OH is 2. The van der Waals surface area contributed by atoms with E-state index in [1.165, 1.54) is 28.1 Å². The fourth-order valence-electron chi connectivity index (χ4n) is 5.28. The number of nitrogens with two attached hydrogens (primary N) is 2. The minimum Gasteiger partial charge on any atom is -0.387 e. The highest BCUT2D eigenvalue weighted by Gasteiger charge is 2.53. The number of nitrogens with one attached hydrogen (secondary N) is 1. The zero-order valence-electron chi connectivity index (χ0n) is 22.4. The summed E-state index contributed by atoms with van der Waals surface area (Å²) < 4.78 is 50.5. The summed E-state index contributed by atoms with van der Waals surface area (Å²) in [5.74, 6) is -0.144. The Morgan fingerprint density at radius 2 is 1.53 bits per heavy atom. The van der Waals surface area contributed by atoms with E-state index in [0.717, 1.165) is 0 Å². The van der Waals surface area contributed by atoms with Crippen molar-refractivity contribution in [1.82, 2.24) is 39.0 Å². The quantitative estimate of drug-likeness (QED) is 0.0942. The third kappa shape index (κ3) is 5.56.